The van der Waals surface area contributed by atoms with E-state index in [1.165, 1.54) is 13.1 Å². The van der Waals surface area contributed by atoms with Gasteiger partial charge in [0.1, 0.15) is 5.75 Å². The summed E-state index contributed by atoms with van der Waals surface area (Å²) in [7, 11) is -2.29. The van der Waals surface area contributed by atoms with Crippen molar-refractivity contribution >= 4 is 15.9 Å². The molecular formula is C19H22N2O4S. The first kappa shape index (κ1) is 18.4. The molecule has 7 heteroatoms. The Labute approximate surface area is 153 Å². The van der Waals surface area contributed by atoms with Gasteiger partial charge in [-0.3, -0.25) is 4.79 Å². The number of phenols is 1. The van der Waals surface area contributed by atoms with E-state index in [1.807, 2.05) is 6.07 Å². The van der Waals surface area contributed by atoms with Crippen LogP contribution in [0.15, 0.2) is 35.2 Å². The molecule has 0 aliphatic carbocycles. The molecule has 0 aromatic heterocycles. The number of nitrogens with zero attached hydrogens (tertiary/aromatic N) is 1. The normalized spacial score (nSPS) is 14.2. The Morgan fingerprint density at radius 1 is 1.15 bits per heavy atom. The van der Waals surface area contributed by atoms with Crippen LogP contribution in [0.5, 0.6) is 5.75 Å². The van der Waals surface area contributed by atoms with Crippen molar-refractivity contribution in [2.45, 2.75) is 31.7 Å². The first-order valence-electron chi connectivity index (χ1n) is 8.38. The molecule has 0 saturated carbocycles. The van der Waals surface area contributed by atoms with E-state index in [2.05, 4.69) is 4.72 Å². The number of sulfonamides is 1. The predicted molar refractivity (Wildman–Crippen MR) is 98.7 cm³/mol. The molecule has 2 aromatic carbocycles. The molecule has 0 fully saturated rings. The molecule has 1 aliphatic rings. The third-order valence-corrected chi connectivity index (χ3v) is 6.45. The lowest BCUT2D eigenvalue weighted by Crippen LogP contribution is -2.36. The quantitative estimate of drug-likeness (QED) is 0.862. The van der Waals surface area contributed by atoms with Gasteiger partial charge in [0.15, 0.2) is 0 Å². The zero-order valence-corrected chi connectivity index (χ0v) is 15.9. The molecule has 0 unspecified atom stereocenters. The van der Waals surface area contributed by atoms with Crippen molar-refractivity contribution in [3.63, 3.8) is 0 Å². The number of aromatic hydroxyl groups is 1. The van der Waals surface area contributed by atoms with Crippen LogP contribution >= 0.6 is 0 Å². The number of carbonyl (C=O) groups excluding carboxylic acids is 1. The fourth-order valence-corrected chi connectivity index (χ4v) is 4.31. The highest BCUT2D eigenvalue weighted by molar-refractivity contribution is 7.89. The maximum atomic E-state index is 13.0. The zero-order valence-electron chi connectivity index (χ0n) is 15.0. The lowest BCUT2D eigenvalue weighted by Gasteiger charge is -2.29. The van der Waals surface area contributed by atoms with Crippen LogP contribution in [0.2, 0.25) is 0 Å². The molecule has 0 bridgehead atoms. The Morgan fingerprint density at radius 3 is 2.58 bits per heavy atom. The van der Waals surface area contributed by atoms with Gasteiger partial charge >= 0.3 is 0 Å². The first-order chi connectivity index (χ1) is 12.2. The zero-order chi connectivity index (χ0) is 19.1. The Hall–Kier alpha value is -2.38. The van der Waals surface area contributed by atoms with Gasteiger partial charge in [-0.05, 0) is 73.8 Å². The van der Waals surface area contributed by atoms with Crippen molar-refractivity contribution in [1.82, 2.24) is 9.62 Å². The van der Waals surface area contributed by atoms with E-state index in [-0.39, 0.29) is 16.6 Å². The lowest BCUT2D eigenvalue weighted by atomic mass is 9.98. The van der Waals surface area contributed by atoms with Gasteiger partial charge in [0.2, 0.25) is 10.0 Å². The van der Waals surface area contributed by atoms with E-state index in [0.29, 0.717) is 30.6 Å². The van der Waals surface area contributed by atoms with E-state index in [1.54, 1.807) is 36.9 Å². The molecule has 1 heterocycles. The third-order valence-electron chi connectivity index (χ3n) is 4.91. The summed E-state index contributed by atoms with van der Waals surface area (Å²) in [5.41, 5.74) is 3.76. The lowest BCUT2D eigenvalue weighted by molar-refractivity contribution is 0.0734. The number of fused-ring (bicyclic) bond motifs is 1. The van der Waals surface area contributed by atoms with Gasteiger partial charge in [-0.25, -0.2) is 13.1 Å². The van der Waals surface area contributed by atoms with E-state index in [0.717, 1.165) is 16.7 Å². The molecule has 2 N–H and O–H groups in total. The topological polar surface area (TPSA) is 86.7 Å². The van der Waals surface area contributed by atoms with E-state index < -0.39 is 10.0 Å². The highest BCUT2D eigenvalue weighted by Gasteiger charge is 2.25. The minimum atomic E-state index is -3.65. The monoisotopic (exact) mass is 374 g/mol. The van der Waals surface area contributed by atoms with Crippen LogP contribution in [0.3, 0.4) is 0 Å². The first-order valence-corrected chi connectivity index (χ1v) is 9.86. The molecule has 3 rings (SSSR count). The fraction of sp³-hybridized carbons (Fsp3) is 0.316. The SMILES string of the molecule is CNS(=O)(=O)c1cc(C(=O)N2CCc3ccc(O)cc3C2)cc(C)c1C. The molecule has 0 atom stereocenters. The van der Waals surface area contributed by atoms with Gasteiger partial charge in [0.05, 0.1) is 4.90 Å². The van der Waals surface area contributed by atoms with Gasteiger partial charge in [-0.1, -0.05) is 6.07 Å². The van der Waals surface area contributed by atoms with Crippen LogP contribution in [-0.4, -0.2) is 37.9 Å². The van der Waals surface area contributed by atoms with E-state index >= 15 is 0 Å². The Kier molecular flexibility index (Phi) is 4.77. The number of phenolic OH excluding ortho intramolecular Hbond substituents is 1. The Bertz CT molecular complexity index is 983. The number of rotatable bonds is 3. The van der Waals surface area contributed by atoms with E-state index in [4.69, 9.17) is 0 Å². The molecule has 6 nitrogen and oxygen atoms in total. The van der Waals surface area contributed by atoms with Crippen LogP contribution in [0.4, 0.5) is 0 Å². The van der Waals surface area contributed by atoms with Gasteiger partial charge in [0, 0.05) is 18.7 Å². The Morgan fingerprint density at radius 2 is 1.88 bits per heavy atom. The summed E-state index contributed by atoms with van der Waals surface area (Å²) < 4.78 is 26.8. The van der Waals surface area contributed by atoms with Crippen molar-refractivity contribution in [1.29, 1.82) is 0 Å². The smallest absolute Gasteiger partial charge is 0.254 e. The third kappa shape index (κ3) is 3.32. The standard InChI is InChI=1S/C19H22N2O4S/c1-12-8-15(10-18(13(12)2)26(24,25)20-3)19(23)21-7-6-14-4-5-17(22)9-16(14)11-21/h4-5,8-10,20,22H,6-7,11H2,1-3H3. The molecule has 26 heavy (non-hydrogen) atoms. The summed E-state index contributed by atoms with van der Waals surface area (Å²) >= 11 is 0. The molecule has 1 aliphatic heterocycles. The average molecular weight is 374 g/mol. The van der Waals surface area contributed by atoms with Crippen molar-refractivity contribution in [2.24, 2.45) is 0 Å². The van der Waals surface area contributed by atoms with E-state index in [9.17, 15) is 18.3 Å². The Balaban J connectivity index is 1.96. The number of nitrogens with one attached hydrogen (secondary N) is 1. The van der Waals surface area contributed by atoms with Gasteiger partial charge in [-0.2, -0.15) is 0 Å². The number of hydrogen-bond acceptors (Lipinski definition) is 4. The van der Waals surface area contributed by atoms with Crippen molar-refractivity contribution < 1.29 is 18.3 Å². The van der Waals surface area contributed by atoms with Crippen LogP contribution in [0, 0.1) is 13.8 Å². The molecule has 0 radical (unpaired) electrons. The summed E-state index contributed by atoms with van der Waals surface area (Å²) in [6.45, 7) is 4.47. The number of aryl methyl sites for hydroxylation is 1. The molecule has 138 valence electrons. The second-order valence-electron chi connectivity index (χ2n) is 6.55. The number of amides is 1. The molecule has 1 amide bonds. The minimum Gasteiger partial charge on any atom is -0.508 e. The van der Waals surface area contributed by atoms with Gasteiger partial charge in [0.25, 0.3) is 5.91 Å². The van der Waals surface area contributed by atoms with Crippen LogP contribution < -0.4 is 4.72 Å². The van der Waals surface area contributed by atoms with Gasteiger partial charge in [-0.15, -0.1) is 0 Å². The second kappa shape index (κ2) is 6.74. The van der Waals surface area contributed by atoms with Crippen LogP contribution in [0.25, 0.3) is 0 Å². The summed E-state index contributed by atoms with van der Waals surface area (Å²) in [6, 6.07) is 8.36. The van der Waals surface area contributed by atoms with Crippen LogP contribution in [-0.2, 0) is 23.0 Å². The van der Waals surface area contributed by atoms with Crippen molar-refractivity contribution in [3.05, 3.63) is 58.1 Å². The number of benzene rings is 2. The average Bonchev–Trinajstić information content (AvgIpc) is 2.62. The maximum absolute atomic E-state index is 13.0. The van der Waals surface area contributed by atoms with Crippen LogP contribution in [0.1, 0.15) is 32.6 Å². The number of hydrogen-bond donors (Lipinski definition) is 2. The predicted octanol–water partition coefficient (Wildman–Crippen LogP) is 2.12. The molecule has 0 saturated heterocycles. The molecule has 0 spiro atoms. The second-order valence-corrected chi connectivity index (χ2v) is 8.41. The summed E-state index contributed by atoms with van der Waals surface area (Å²) in [5, 5.41) is 9.67. The largest absolute Gasteiger partial charge is 0.508 e. The number of carbonyl (C=O) groups is 1. The minimum absolute atomic E-state index is 0.124. The fourth-order valence-electron chi connectivity index (χ4n) is 3.24. The van der Waals surface area contributed by atoms with Gasteiger partial charge < -0.3 is 10.0 Å². The van der Waals surface area contributed by atoms with Crippen molar-refractivity contribution in [2.75, 3.05) is 13.6 Å². The van der Waals surface area contributed by atoms with Crippen molar-refractivity contribution in [3.8, 4) is 5.75 Å². The highest BCUT2D eigenvalue weighted by atomic mass is 32.2. The summed E-state index contributed by atoms with van der Waals surface area (Å²) in [4.78, 5) is 14.8. The maximum Gasteiger partial charge on any atom is 0.254 e. The summed E-state index contributed by atoms with van der Waals surface area (Å²) in [5.74, 6) is -0.0405. The molecular weight excluding hydrogens is 352 g/mol. The summed E-state index contributed by atoms with van der Waals surface area (Å²) in [6.07, 6.45) is 0.702. The molecule has 2 aromatic rings. The highest BCUT2D eigenvalue weighted by Crippen LogP contribution is 2.26.